The maximum absolute atomic E-state index is 13.1. The summed E-state index contributed by atoms with van der Waals surface area (Å²) in [6.45, 7) is 6.53. The quantitative estimate of drug-likeness (QED) is 0.622. The van der Waals surface area contributed by atoms with Crippen molar-refractivity contribution in [2.45, 2.75) is 51.9 Å². The van der Waals surface area contributed by atoms with E-state index in [0.29, 0.717) is 19.7 Å². The van der Waals surface area contributed by atoms with Crippen LogP contribution in [0.15, 0.2) is 0 Å². The minimum Gasteiger partial charge on any atom is -0.384 e. The largest absolute Gasteiger partial charge is 0.384 e. The molecule has 0 saturated carbocycles. The van der Waals surface area contributed by atoms with Crippen LogP contribution in [0.25, 0.3) is 0 Å². The van der Waals surface area contributed by atoms with Gasteiger partial charge in [0.1, 0.15) is 0 Å². The van der Waals surface area contributed by atoms with Crippen molar-refractivity contribution in [2.24, 2.45) is 11.3 Å². The third-order valence-electron chi connectivity index (χ3n) is 5.67. The number of nitrogens with zero attached hydrogens (tertiary/aromatic N) is 1. The number of hydrogen-bond donors (Lipinski definition) is 2. The Kier molecular flexibility index (Phi) is 10.5. The first-order valence-corrected chi connectivity index (χ1v) is 9.89. The Morgan fingerprint density at radius 2 is 1.85 bits per heavy atom. The van der Waals surface area contributed by atoms with Crippen molar-refractivity contribution in [1.82, 2.24) is 15.5 Å². The van der Waals surface area contributed by atoms with Crippen molar-refractivity contribution in [3.05, 3.63) is 0 Å². The third kappa shape index (κ3) is 6.10. The van der Waals surface area contributed by atoms with Crippen LogP contribution in [0.4, 0.5) is 0 Å². The van der Waals surface area contributed by atoms with Gasteiger partial charge in [-0.1, -0.05) is 19.8 Å². The first kappa shape index (κ1) is 23.2. The molecule has 7 heteroatoms. The molecular weight excluding hydrogens is 354 g/mol. The van der Waals surface area contributed by atoms with E-state index < -0.39 is 0 Å². The molecule has 0 radical (unpaired) electrons. The van der Waals surface area contributed by atoms with Crippen LogP contribution in [-0.4, -0.2) is 63.2 Å². The molecule has 2 aliphatic heterocycles. The predicted octanol–water partition coefficient (Wildman–Crippen LogP) is 1.97. The summed E-state index contributed by atoms with van der Waals surface area (Å²) in [5, 5.41) is 6.38. The maximum Gasteiger partial charge on any atom is 0.231 e. The highest BCUT2D eigenvalue weighted by Gasteiger charge is 2.43. The Morgan fingerprint density at radius 3 is 2.42 bits per heavy atom. The predicted molar refractivity (Wildman–Crippen MR) is 105 cm³/mol. The van der Waals surface area contributed by atoms with Gasteiger partial charge >= 0.3 is 0 Å². The average Bonchev–Trinajstić information content (AvgIpc) is 2.65. The van der Waals surface area contributed by atoms with E-state index in [9.17, 15) is 9.59 Å². The van der Waals surface area contributed by atoms with E-state index >= 15 is 0 Å². The highest BCUT2D eigenvalue weighted by atomic mass is 35.5. The Morgan fingerprint density at radius 1 is 1.19 bits per heavy atom. The van der Waals surface area contributed by atoms with Gasteiger partial charge in [0.25, 0.3) is 0 Å². The topological polar surface area (TPSA) is 70.7 Å². The summed E-state index contributed by atoms with van der Waals surface area (Å²) in [5.74, 6) is 0.436. The zero-order valence-corrected chi connectivity index (χ0v) is 17.2. The van der Waals surface area contributed by atoms with Crippen molar-refractivity contribution < 1.29 is 14.3 Å². The first-order chi connectivity index (χ1) is 12.1. The van der Waals surface area contributed by atoms with E-state index in [-0.39, 0.29) is 35.6 Å². The number of hydrogen-bond acceptors (Lipinski definition) is 4. The summed E-state index contributed by atoms with van der Waals surface area (Å²) in [6.07, 6.45) is 6.57. The fraction of sp³-hybridized carbons (Fsp3) is 0.895. The highest BCUT2D eigenvalue weighted by molar-refractivity contribution is 5.85. The number of likely N-dealkylation sites (tertiary alicyclic amines) is 1. The van der Waals surface area contributed by atoms with Gasteiger partial charge in [0.15, 0.2) is 0 Å². The maximum atomic E-state index is 13.1. The second kappa shape index (κ2) is 11.8. The van der Waals surface area contributed by atoms with Gasteiger partial charge < -0.3 is 20.3 Å². The Hall–Kier alpha value is -0.850. The second-order valence-electron chi connectivity index (χ2n) is 7.53. The number of ether oxygens (including phenoxy) is 1. The molecule has 2 rings (SSSR count). The lowest BCUT2D eigenvalue weighted by molar-refractivity contribution is -0.150. The summed E-state index contributed by atoms with van der Waals surface area (Å²) in [4.78, 5) is 27.3. The van der Waals surface area contributed by atoms with E-state index in [1.54, 1.807) is 7.11 Å². The molecular formula is C19H36ClN3O3. The SMILES string of the molecule is CCCCCNC(=O)C1CCN(C(=O)C2(COC)CCNCC2)CC1.Cl. The van der Waals surface area contributed by atoms with Gasteiger partial charge in [-0.2, -0.15) is 0 Å². The summed E-state index contributed by atoms with van der Waals surface area (Å²) >= 11 is 0. The normalized spacial score (nSPS) is 20.3. The van der Waals surface area contributed by atoms with Gasteiger partial charge in [0.2, 0.25) is 11.8 Å². The summed E-state index contributed by atoms with van der Waals surface area (Å²) in [6, 6.07) is 0. The van der Waals surface area contributed by atoms with E-state index in [4.69, 9.17) is 4.74 Å². The van der Waals surface area contributed by atoms with Crippen LogP contribution >= 0.6 is 12.4 Å². The zero-order valence-electron chi connectivity index (χ0n) is 16.3. The van der Waals surface area contributed by atoms with Crippen molar-refractivity contribution in [3.63, 3.8) is 0 Å². The number of amides is 2. The van der Waals surface area contributed by atoms with Gasteiger partial charge in [-0.15, -0.1) is 12.4 Å². The number of unbranched alkanes of at least 4 members (excludes halogenated alkanes) is 2. The van der Waals surface area contributed by atoms with Gasteiger partial charge in [0.05, 0.1) is 12.0 Å². The lowest BCUT2D eigenvalue weighted by atomic mass is 9.77. The molecule has 26 heavy (non-hydrogen) atoms. The number of carbonyl (C=O) groups is 2. The average molecular weight is 390 g/mol. The minimum absolute atomic E-state index is 0. The van der Waals surface area contributed by atoms with Crippen molar-refractivity contribution in [3.8, 4) is 0 Å². The number of rotatable bonds is 8. The number of piperidine rings is 2. The van der Waals surface area contributed by atoms with Crippen LogP contribution in [0.3, 0.4) is 0 Å². The molecule has 6 nitrogen and oxygen atoms in total. The molecule has 2 amide bonds. The standard InChI is InChI=1S/C19H35N3O3.ClH/c1-3-4-5-10-21-17(23)16-6-13-22(14-7-16)18(24)19(15-25-2)8-11-20-12-9-19;/h16,20H,3-15H2,1-2H3,(H,21,23);1H. The molecule has 2 saturated heterocycles. The lowest BCUT2D eigenvalue weighted by Gasteiger charge is -2.41. The molecule has 0 aromatic rings. The van der Waals surface area contributed by atoms with E-state index in [2.05, 4.69) is 17.6 Å². The van der Waals surface area contributed by atoms with Gasteiger partial charge in [-0.05, 0) is 45.2 Å². The van der Waals surface area contributed by atoms with Crippen molar-refractivity contribution in [2.75, 3.05) is 46.4 Å². The molecule has 0 aliphatic carbocycles. The molecule has 2 heterocycles. The molecule has 0 bridgehead atoms. The van der Waals surface area contributed by atoms with Crippen molar-refractivity contribution >= 4 is 24.2 Å². The molecule has 0 atom stereocenters. The third-order valence-corrected chi connectivity index (χ3v) is 5.67. The number of methoxy groups -OCH3 is 1. The molecule has 0 aromatic heterocycles. The number of nitrogens with one attached hydrogen (secondary N) is 2. The monoisotopic (exact) mass is 389 g/mol. The van der Waals surface area contributed by atoms with Gasteiger partial charge in [0, 0.05) is 32.7 Å². The number of halogens is 1. The second-order valence-corrected chi connectivity index (χ2v) is 7.53. The van der Waals surface area contributed by atoms with Crippen LogP contribution in [0.1, 0.15) is 51.9 Å². The molecule has 0 aromatic carbocycles. The van der Waals surface area contributed by atoms with E-state index in [1.165, 1.54) is 0 Å². The van der Waals surface area contributed by atoms with Gasteiger partial charge in [-0.3, -0.25) is 9.59 Å². The van der Waals surface area contributed by atoms with Crippen LogP contribution < -0.4 is 10.6 Å². The summed E-state index contributed by atoms with van der Waals surface area (Å²) < 4.78 is 5.38. The zero-order chi connectivity index (χ0) is 18.1. The minimum atomic E-state index is -0.380. The van der Waals surface area contributed by atoms with Crippen LogP contribution in [0.5, 0.6) is 0 Å². The Labute approximate surface area is 164 Å². The van der Waals surface area contributed by atoms with Crippen molar-refractivity contribution in [1.29, 1.82) is 0 Å². The van der Waals surface area contributed by atoms with Crippen LogP contribution in [0, 0.1) is 11.3 Å². The lowest BCUT2D eigenvalue weighted by Crippen LogP contribution is -2.54. The Bertz CT molecular complexity index is 428. The fourth-order valence-electron chi connectivity index (χ4n) is 4.01. The van der Waals surface area contributed by atoms with E-state index in [1.807, 2.05) is 4.90 Å². The van der Waals surface area contributed by atoms with E-state index in [0.717, 1.165) is 64.6 Å². The van der Waals surface area contributed by atoms with Crippen LogP contribution in [0.2, 0.25) is 0 Å². The Balaban J connectivity index is 0.00000338. The molecule has 2 aliphatic rings. The summed E-state index contributed by atoms with van der Waals surface area (Å²) in [5.41, 5.74) is -0.380. The summed E-state index contributed by atoms with van der Waals surface area (Å²) in [7, 11) is 1.67. The fourth-order valence-corrected chi connectivity index (χ4v) is 4.01. The smallest absolute Gasteiger partial charge is 0.231 e. The highest BCUT2D eigenvalue weighted by Crippen LogP contribution is 2.33. The molecule has 2 N–H and O–H groups in total. The molecule has 0 unspecified atom stereocenters. The first-order valence-electron chi connectivity index (χ1n) is 9.89. The molecule has 0 spiro atoms. The van der Waals surface area contributed by atoms with Gasteiger partial charge in [-0.25, -0.2) is 0 Å². The number of carbonyl (C=O) groups excluding carboxylic acids is 2. The molecule has 2 fully saturated rings. The van der Waals surface area contributed by atoms with Crippen LogP contribution in [-0.2, 0) is 14.3 Å². The molecule has 152 valence electrons.